The molecule has 15 heavy (non-hydrogen) atoms. The number of hydrogen-bond donors (Lipinski definition) is 0. The fourth-order valence-corrected chi connectivity index (χ4v) is 2.29. The summed E-state index contributed by atoms with van der Waals surface area (Å²) in [6.07, 6.45) is 1.87. The Morgan fingerprint density at radius 2 is 2.33 bits per heavy atom. The maximum Gasteiger partial charge on any atom is 0.269 e. The number of nitrogens with zero attached hydrogens (tertiary/aromatic N) is 2. The molecule has 4 heteroatoms. The number of benzene rings is 1. The van der Waals surface area contributed by atoms with Gasteiger partial charge in [-0.3, -0.25) is 4.79 Å². The zero-order valence-corrected chi connectivity index (χ0v) is 8.20. The molecule has 2 aromatic rings. The van der Waals surface area contributed by atoms with Gasteiger partial charge in [0.25, 0.3) is 5.56 Å². The van der Waals surface area contributed by atoms with Crippen LogP contribution in [0.15, 0.2) is 23.1 Å². The van der Waals surface area contributed by atoms with E-state index in [1.54, 1.807) is 10.6 Å². The normalized spacial score (nSPS) is 18.7. The summed E-state index contributed by atoms with van der Waals surface area (Å²) < 4.78 is 15.1. The predicted molar refractivity (Wildman–Crippen MR) is 54.4 cm³/mol. The molecule has 1 aromatic carbocycles. The molecule has 0 unspecified atom stereocenters. The molecule has 1 aliphatic heterocycles. The van der Waals surface area contributed by atoms with Crippen LogP contribution in [0.25, 0.3) is 11.0 Å². The van der Waals surface area contributed by atoms with Crippen LogP contribution in [-0.2, 0) is 6.42 Å². The van der Waals surface area contributed by atoms with Crippen LogP contribution in [-0.4, -0.2) is 9.55 Å². The summed E-state index contributed by atoms with van der Waals surface area (Å²) in [5, 5.41) is 0. The topological polar surface area (TPSA) is 34.9 Å². The SMILES string of the molecule is C[C@@H]1Cc2c(F)ccc3ncc(=O)n1c23. The third-order valence-electron chi connectivity index (χ3n) is 2.94. The molecule has 3 nitrogen and oxygen atoms in total. The van der Waals surface area contributed by atoms with Crippen molar-refractivity contribution < 1.29 is 4.39 Å². The van der Waals surface area contributed by atoms with Crippen LogP contribution in [0.4, 0.5) is 4.39 Å². The molecule has 3 rings (SSSR count). The second-order valence-electron chi connectivity index (χ2n) is 3.91. The van der Waals surface area contributed by atoms with Gasteiger partial charge in [0, 0.05) is 11.6 Å². The fourth-order valence-electron chi connectivity index (χ4n) is 2.29. The van der Waals surface area contributed by atoms with Crippen LogP contribution in [0.3, 0.4) is 0 Å². The van der Waals surface area contributed by atoms with E-state index in [0.29, 0.717) is 23.0 Å². The van der Waals surface area contributed by atoms with Crippen LogP contribution >= 0.6 is 0 Å². The minimum absolute atomic E-state index is 0.0231. The zero-order chi connectivity index (χ0) is 10.6. The van der Waals surface area contributed by atoms with Crippen LogP contribution in [0, 0.1) is 5.82 Å². The molecule has 0 bridgehead atoms. The summed E-state index contributed by atoms with van der Waals surface area (Å²) in [5.74, 6) is -0.243. The maximum absolute atomic E-state index is 13.5. The third kappa shape index (κ3) is 0.988. The highest BCUT2D eigenvalue weighted by Gasteiger charge is 2.24. The summed E-state index contributed by atoms with van der Waals surface area (Å²) in [6, 6.07) is 3.05. The Kier molecular flexibility index (Phi) is 1.52. The molecule has 0 spiro atoms. The van der Waals surface area contributed by atoms with Crippen molar-refractivity contribution in [2.24, 2.45) is 0 Å². The summed E-state index contributed by atoms with van der Waals surface area (Å²) in [6.45, 7) is 1.92. The van der Waals surface area contributed by atoms with Gasteiger partial charge in [-0.2, -0.15) is 0 Å². The Labute approximate surface area is 85.2 Å². The first-order chi connectivity index (χ1) is 7.18. The Morgan fingerprint density at radius 3 is 3.13 bits per heavy atom. The largest absolute Gasteiger partial charge is 0.302 e. The first-order valence-electron chi connectivity index (χ1n) is 4.87. The van der Waals surface area contributed by atoms with Crippen LogP contribution in [0.2, 0.25) is 0 Å². The summed E-state index contributed by atoms with van der Waals surface area (Å²) in [4.78, 5) is 15.6. The van der Waals surface area contributed by atoms with Crippen molar-refractivity contribution in [3.63, 3.8) is 0 Å². The van der Waals surface area contributed by atoms with Gasteiger partial charge in [-0.15, -0.1) is 0 Å². The third-order valence-corrected chi connectivity index (χ3v) is 2.94. The molecule has 0 N–H and O–H groups in total. The monoisotopic (exact) mass is 204 g/mol. The molecule has 1 aliphatic rings. The molecule has 1 atom stereocenters. The Morgan fingerprint density at radius 1 is 1.53 bits per heavy atom. The highest BCUT2D eigenvalue weighted by atomic mass is 19.1. The van der Waals surface area contributed by atoms with Gasteiger partial charge in [-0.05, 0) is 25.5 Å². The van der Waals surface area contributed by atoms with Gasteiger partial charge >= 0.3 is 0 Å². The molecule has 1 aromatic heterocycles. The van der Waals surface area contributed by atoms with Gasteiger partial charge in [0.1, 0.15) is 5.82 Å². The molecule has 2 heterocycles. The second kappa shape index (κ2) is 2.66. The lowest BCUT2D eigenvalue weighted by Crippen LogP contribution is -2.20. The first-order valence-corrected chi connectivity index (χ1v) is 4.87. The van der Waals surface area contributed by atoms with E-state index >= 15 is 0 Å². The lowest BCUT2D eigenvalue weighted by Gasteiger charge is -2.06. The van der Waals surface area contributed by atoms with Gasteiger partial charge in [0.15, 0.2) is 0 Å². The number of aromatic nitrogens is 2. The Bertz CT molecular complexity index is 618. The average molecular weight is 204 g/mol. The number of rotatable bonds is 0. The zero-order valence-electron chi connectivity index (χ0n) is 8.20. The summed E-state index contributed by atoms with van der Waals surface area (Å²) in [7, 11) is 0. The number of halogens is 1. The van der Waals surface area contributed by atoms with E-state index in [4.69, 9.17) is 0 Å². The number of hydrogen-bond acceptors (Lipinski definition) is 2. The average Bonchev–Trinajstić information content (AvgIpc) is 2.56. The van der Waals surface area contributed by atoms with Crippen LogP contribution in [0.1, 0.15) is 18.5 Å². The lowest BCUT2D eigenvalue weighted by atomic mass is 10.1. The van der Waals surface area contributed by atoms with E-state index in [-0.39, 0.29) is 17.4 Å². The van der Waals surface area contributed by atoms with Gasteiger partial charge in [-0.25, -0.2) is 9.37 Å². The van der Waals surface area contributed by atoms with Crippen molar-refractivity contribution in [3.05, 3.63) is 40.1 Å². The summed E-state index contributed by atoms with van der Waals surface area (Å²) >= 11 is 0. The van der Waals surface area contributed by atoms with Crippen molar-refractivity contribution in [1.82, 2.24) is 9.55 Å². The van der Waals surface area contributed by atoms with Crippen molar-refractivity contribution in [2.45, 2.75) is 19.4 Å². The van der Waals surface area contributed by atoms with E-state index in [2.05, 4.69) is 4.98 Å². The molecule has 0 radical (unpaired) electrons. The molecule has 0 aliphatic carbocycles. The van der Waals surface area contributed by atoms with Gasteiger partial charge in [0.05, 0.1) is 17.2 Å². The lowest BCUT2D eigenvalue weighted by molar-refractivity contribution is 0.560. The first kappa shape index (κ1) is 8.59. The molecular formula is C11H9FN2O. The van der Waals surface area contributed by atoms with Gasteiger partial charge < -0.3 is 4.57 Å². The van der Waals surface area contributed by atoms with Crippen molar-refractivity contribution in [2.75, 3.05) is 0 Å². The molecule has 0 saturated heterocycles. The van der Waals surface area contributed by atoms with Crippen LogP contribution < -0.4 is 5.56 Å². The van der Waals surface area contributed by atoms with E-state index in [1.807, 2.05) is 6.92 Å². The van der Waals surface area contributed by atoms with Crippen molar-refractivity contribution in [3.8, 4) is 0 Å². The second-order valence-corrected chi connectivity index (χ2v) is 3.91. The van der Waals surface area contributed by atoms with Gasteiger partial charge in [0.2, 0.25) is 0 Å². The Hall–Kier alpha value is -1.71. The minimum atomic E-state index is -0.243. The van der Waals surface area contributed by atoms with E-state index in [9.17, 15) is 9.18 Å². The van der Waals surface area contributed by atoms with Crippen molar-refractivity contribution in [1.29, 1.82) is 0 Å². The molecule has 76 valence electrons. The van der Waals surface area contributed by atoms with Crippen LogP contribution in [0.5, 0.6) is 0 Å². The minimum Gasteiger partial charge on any atom is -0.302 e. The quantitative estimate of drug-likeness (QED) is 0.654. The standard InChI is InChI=1S/C11H9FN2O/c1-6-4-7-8(12)2-3-9-11(7)14(6)10(15)5-13-9/h2-3,5-6H,4H2,1H3/t6-/m1/s1. The molecule has 0 saturated carbocycles. The molecule has 0 fully saturated rings. The maximum atomic E-state index is 13.5. The van der Waals surface area contributed by atoms with Gasteiger partial charge in [-0.1, -0.05) is 0 Å². The molecular weight excluding hydrogens is 195 g/mol. The Balaban J connectivity index is 2.59. The smallest absolute Gasteiger partial charge is 0.269 e. The highest BCUT2D eigenvalue weighted by molar-refractivity contribution is 5.80. The predicted octanol–water partition coefficient (Wildman–Crippen LogP) is 1.65. The summed E-state index contributed by atoms with van der Waals surface area (Å²) in [5.41, 5.74) is 1.81. The van der Waals surface area contributed by atoms with E-state index < -0.39 is 0 Å². The van der Waals surface area contributed by atoms with E-state index in [0.717, 1.165) is 0 Å². The highest BCUT2D eigenvalue weighted by Crippen LogP contribution is 2.30. The van der Waals surface area contributed by atoms with Crippen molar-refractivity contribution >= 4 is 11.0 Å². The fraction of sp³-hybridized carbons (Fsp3) is 0.273. The van der Waals surface area contributed by atoms with E-state index in [1.165, 1.54) is 12.3 Å². The molecule has 0 amide bonds.